The number of nitrogens with zero attached hydrogens (tertiary/aromatic N) is 1. The highest BCUT2D eigenvalue weighted by molar-refractivity contribution is 9.10. The van der Waals surface area contributed by atoms with Crippen molar-refractivity contribution in [3.05, 3.63) is 28.2 Å². The summed E-state index contributed by atoms with van der Waals surface area (Å²) in [6, 6.07) is 5.74. The molecule has 1 heterocycles. The summed E-state index contributed by atoms with van der Waals surface area (Å²) >= 11 is 3.43. The number of halogens is 1. The lowest BCUT2D eigenvalue weighted by molar-refractivity contribution is -0.132. The zero-order valence-corrected chi connectivity index (χ0v) is 15.8. The van der Waals surface area contributed by atoms with Crippen LogP contribution >= 0.6 is 15.9 Å². The Morgan fingerprint density at radius 3 is 2.57 bits per heavy atom. The van der Waals surface area contributed by atoms with Crippen LogP contribution in [0.4, 0.5) is 0 Å². The van der Waals surface area contributed by atoms with Crippen molar-refractivity contribution in [1.82, 2.24) is 4.90 Å². The molecule has 0 unspecified atom stereocenters. The number of sulfone groups is 1. The maximum Gasteiger partial charge on any atom is 0.222 e. The molecule has 1 aliphatic heterocycles. The Balaban J connectivity index is 1.90. The highest BCUT2D eigenvalue weighted by Gasteiger charge is 2.28. The Morgan fingerprint density at radius 1 is 1.35 bits per heavy atom. The summed E-state index contributed by atoms with van der Waals surface area (Å²) in [5.74, 6) is 0.843. The van der Waals surface area contributed by atoms with Crippen LogP contribution in [0.25, 0.3) is 0 Å². The molecule has 7 heteroatoms. The van der Waals surface area contributed by atoms with Crippen molar-refractivity contribution in [2.24, 2.45) is 0 Å². The Morgan fingerprint density at radius 2 is 2.00 bits per heavy atom. The molecule has 0 bridgehead atoms. The third-order valence-electron chi connectivity index (χ3n) is 4.25. The maximum atomic E-state index is 12.3. The molecule has 0 atom stereocenters. The molecule has 0 N–H and O–H groups in total. The molecule has 2 rings (SSSR count). The number of methoxy groups -OCH3 is 1. The molecular weight excluding hydrogens is 382 g/mol. The summed E-state index contributed by atoms with van der Waals surface area (Å²) in [6.07, 6.45) is 3.34. The topological polar surface area (TPSA) is 63.7 Å². The van der Waals surface area contributed by atoms with Gasteiger partial charge in [0.05, 0.1) is 12.4 Å². The van der Waals surface area contributed by atoms with Crippen molar-refractivity contribution < 1.29 is 17.9 Å². The molecule has 0 aliphatic carbocycles. The van der Waals surface area contributed by atoms with Gasteiger partial charge in [-0.05, 0) is 43.0 Å². The highest BCUT2D eigenvalue weighted by Crippen LogP contribution is 2.25. The Bertz CT molecular complexity index is 667. The first-order valence-corrected chi connectivity index (χ1v) is 10.3. The summed E-state index contributed by atoms with van der Waals surface area (Å²) in [6.45, 7) is 1.04. The van der Waals surface area contributed by atoms with Gasteiger partial charge < -0.3 is 9.64 Å². The van der Waals surface area contributed by atoms with Crippen LogP contribution in [-0.4, -0.2) is 50.9 Å². The second-order valence-electron chi connectivity index (χ2n) is 5.87. The molecule has 1 amide bonds. The van der Waals surface area contributed by atoms with E-state index < -0.39 is 9.84 Å². The lowest BCUT2D eigenvalue weighted by atomic mass is 10.1. The molecule has 1 aromatic rings. The number of ether oxygens (including phenoxy) is 1. The standard InChI is InChI=1S/C16H22BrNO4S/c1-22-15-5-4-13(17)11-12(15)3-6-16(19)18-9-7-14(8-10-18)23(2,20)21/h4-5,11,14H,3,6-10H2,1-2H3. The first kappa shape index (κ1) is 18.3. The number of carbonyl (C=O) groups excluding carboxylic acids is 1. The van der Waals surface area contributed by atoms with Gasteiger partial charge in [0.2, 0.25) is 5.91 Å². The maximum absolute atomic E-state index is 12.3. The number of hydrogen-bond acceptors (Lipinski definition) is 4. The van der Waals surface area contributed by atoms with E-state index in [1.54, 1.807) is 12.0 Å². The van der Waals surface area contributed by atoms with Crippen LogP contribution in [0.5, 0.6) is 5.75 Å². The third-order valence-corrected chi connectivity index (χ3v) is 6.43. The van der Waals surface area contributed by atoms with Crippen LogP contribution < -0.4 is 4.74 Å². The number of likely N-dealkylation sites (tertiary alicyclic amines) is 1. The minimum Gasteiger partial charge on any atom is -0.496 e. The zero-order chi connectivity index (χ0) is 17.0. The van der Waals surface area contributed by atoms with E-state index in [0.29, 0.717) is 38.8 Å². The van der Waals surface area contributed by atoms with Gasteiger partial charge in [-0.25, -0.2) is 8.42 Å². The molecule has 0 spiro atoms. The van der Waals surface area contributed by atoms with Crippen LogP contribution in [-0.2, 0) is 21.1 Å². The summed E-state index contributed by atoms with van der Waals surface area (Å²) in [5, 5.41) is -0.309. The van der Waals surface area contributed by atoms with Gasteiger partial charge in [-0.3, -0.25) is 4.79 Å². The van der Waals surface area contributed by atoms with Crippen LogP contribution in [0.3, 0.4) is 0 Å². The zero-order valence-electron chi connectivity index (χ0n) is 13.4. The van der Waals surface area contributed by atoms with Crippen LogP contribution in [0.15, 0.2) is 22.7 Å². The van der Waals surface area contributed by atoms with Gasteiger partial charge in [-0.2, -0.15) is 0 Å². The number of rotatable bonds is 5. The fourth-order valence-electron chi connectivity index (χ4n) is 2.88. The second-order valence-corrected chi connectivity index (χ2v) is 9.11. The minimum absolute atomic E-state index is 0.0685. The van der Waals surface area contributed by atoms with Crippen molar-refractivity contribution in [2.45, 2.75) is 30.9 Å². The van der Waals surface area contributed by atoms with E-state index >= 15 is 0 Å². The normalized spacial score (nSPS) is 16.4. The monoisotopic (exact) mass is 403 g/mol. The molecule has 128 valence electrons. The van der Waals surface area contributed by atoms with E-state index in [9.17, 15) is 13.2 Å². The van der Waals surface area contributed by atoms with Crippen molar-refractivity contribution in [3.63, 3.8) is 0 Å². The van der Waals surface area contributed by atoms with Gasteiger partial charge in [-0.15, -0.1) is 0 Å². The summed E-state index contributed by atoms with van der Waals surface area (Å²) in [7, 11) is -1.39. The fraction of sp³-hybridized carbons (Fsp3) is 0.562. The van der Waals surface area contributed by atoms with Gasteiger partial charge in [0.25, 0.3) is 0 Å². The number of amides is 1. The molecule has 1 saturated heterocycles. The average molecular weight is 404 g/mol. The predicted octanol–water partition coefficient (Wildman–Crippen LogP) is 2.43. The van der Waals surface area contributed by atoms with Gasteiger partial charge in [0.1, 0.15) is 15.6 Å². The van der Waals surface area contributed by atoms with Crippen molar-refractivity contribution in [1.29, 1.82) is 0 Å². The Kier molecular flexibility index (Phi) is 6.08. The molecule has 5 nitrogen and oxygen atoms in total. The number of benzene rings is 1. The molecular formula is C16H22BrNO4S. The molecule has 1 aliphatic rings. The van der Waals surface area contributed by atoms with Crippen LogP contribution in [0, 0.1) is 0 Å². The van der Waals surface area contributed by atoms with E-state index in [0.717, 1.165) is 15.8 Å². The highest BCUT2D eigenvalue weighted by atomic mass is 79.9. The fourth-order valence-corrected chi connectivity index (χ4v) is 4.35. The minimum atomic E-state index is -3.00. The summed E-state index contributed by atoms with van der Waals surface area (Å²) in [4.78, 5) is 14.1. The SMILES string of the molecule is COc1ccc(Br)cc1CCC(=O)N1CCC(S(C)(=O)=O)CC1. The molecule has 0 saturated carbocycles. The third kappa shape index (κ3) is 4.94. The lowest BCUT2D eigenvalue weighted by Gasteiger charge is -2.31. The predicted molar refractivity (Wildman–Crippen MR) is 93.5 cm³/mol. The van der Waals surface area contributed by atoms with Crippen molar-refractivity contribution in [3.8, 4) is 5.75 Å². The summed E-state index contributed by atoms with van der Waals surface area (Å²) < 4.78 is 29.4. The first-order chi connectivity index (χ1) is 10.8. The Labute approximate surface area is 146 Å². The number of aryl methyl sites for hydroxylation is 1. The van der Waals surface area contributed by atoms with Gasteiger partial charge in [0.15, 0.2) is 0 Å². The van der Waals surface area contributed by atoms with Crippen molar-refractivity contribution >= 4 is 31.7 Å². The quantitative estimate of drug-likeness (QED) is 0.756. The molecule has 23 heavy (non-hydrogen) atoms. The number of hydrogen-bond donors (Lipinski definition) is 0. The largest absolute Gasteiger partial charge is 0.496 e. The van der Waals surface area contributed by atoms with Crippen molar-refractivity contribution in [2.75, 3.05) is 26.5 Å². The molecule has 1 aromatic carbocycles. The van der Waals surface area contributed by atoms with E-state index in [4.69, 9.17) is 4.74 Å². The van der Waals surface area contributed by atoms with Gasteiger partial charge in [-0.1, -0.05) is 15.9 Å². The van der Waals surface area contributed by atoms with E-state index in [-0.39, 0.29) is 11.2 Å². The van der Waals surface area contributed by atoms with E-state index in [1.165, 1.54) is 6.26 Å². The average Bonchev–Trinajstić information content (AvgIpc) is 2.52. The molecule has 0 aromatic heterocycles. The molecule has 0 radical (unpaired) electrons. The number of piperidine rings is 1. The summed E-state index contributed by atoms with van der Waals surface area (Å²) in [5.41, 5.74) is 0.987. The van der Waals surface area contributed by atoms with Crippen LogP contribution in [0.2, 0.25) is 0 Å². The lowest BCUT2D eigenvalue weighted by Crippen LogP contribution is -2.42. The van der Waals surface area contributed by atoms with E-state index in [2.05, 4.69) is 15.9 Å². The first-order valence-electron chi connectivity index (χ1n) is 7.60. The van der Waals surface area contributed by atoms with Gasteiger partial charge in [0, 0.05) is 30.2 Å². The smallest absolute Gasteiger partial charge is 0.222 e. The van der Waals surface area contributed by atoms with Gasteiger partial charge >= 0.3 is 0 Å². The second kappa shape index (κ2) is 7.66. The number of carbonyl (C=O) groups is 1. The molecule has 1 fully saturated rings. The van der Waals surface area contributed by atoms with E-state index in [1.807, 2.05) is 18.2 Å². The van der Waals surface area contributed by atoms with Crippen LogP contribution in [0.1, 0.15) is 24.8 Å². The Hall–Kier alpha value is -1.08.